The second kappa shape index (κ2) is 6.26. The maximum Gasteiger partial charge on any atom is 1.00 e. The van der Waals surface area contributed by atoms with E-state index in [0.717, 1.165) is 0 Å². The zero-order valence-electron chi connectivity index (χ0n) is 6.88. The van der Waals surface area contributed by atoms with Gasteiger partial charge in [-0.3, -0.25) is 0 Å². The summed E-state index contributed by atoms with van der Waals surface area (Å²) in [7, 11) is 0. The summed E-state index contributed by atoms with van der Waals surface area (Å²) in [4.78, 5) is 0. The summed E-state index contributed by atoms with van der Waals surface area (Å²) in [5.41, 5.74) is 0. The fourth-order valence-electron chi connectivity index (χ4n) is 0.622. The third kappa shape index (κ3) is 6.89. The Morgan fingerprint density at radius 1 is 1.00 bits per heavy atom. The predicted molar refractivity (Wildman–Crippen MR) is 35.1 cm³/mol. The molecule has 2 nitrogen and oxygen atoms in total. The number of rotatable bonds is 1. The van der Waals surface area contributed by atoms with E-state index in [1.807, 2.05) is 0 Å². The Morgan fingerprint density at radius 2 is 1.46 bits per heavy atom. The van der Waals surface area contributed by atoms with E-state index in [0.29, 0.717) is 0 Å². The number of para-hydroxylation sites is 1. The van der Waals surface area contributed by atoms with Crippen LogP contribution in [0.25, 0.3) is 0 Å². The van der Waals surface area contributed by atoms with Gasteiger partial charge in [0.1, 0.15) is 5.75 Å². The fourth-order valence-corrected chi connectivity index (χ4v) is 0.622. The first kappa shape index (κ1) is 15.3. The molecule has 0 saturated carbocycles. The van der Waals surface area contributed by atoms with Gasteiger partial charge in [-0.25, -0.2) is 0 Å². The molecule has 0 saturated heterocycles. The summed E-state index contributed by atoms with van der Waals surface area (Å²) < 4.78 is 38.2. The fraction of sp³-hybridized carbons (Fsp3) is 0.143. The van der Waals surface area contributed by atoms with E-state index in [-0.39, 0.29) is 40.8 Å². The molecule has 0 spiro atoms. The van der Waals surface area contributed by atoms with Crippen LogP contribution in [-0.4, -0.2) is 11.8 Å². The number of halogens is 3. The second-order valence-corrected chi connectivity index (χ2v) is 1.86. The minimum Gasteiger partial charge on any atom is -0.870 e. The largest absolute Gasteiger partial charge is 1.00 e. The Kier molecular flexibility index (Phi) is 7.34. The van der Waals surface area contributed by atoms with Crippen molar-refractivity contribution in [1.29, 1.82) is 0 Å². The zero-order chi connectivity index (χ0) is 8.32. The van der Waals surface area contributed by atoms with Crippen molar-refractivity contribution in [2.24, 2.45) is 0 Å². The minimum absolute atomic E-state index is 0. The summed E-state index contributed by atoms with van der Waals surface area (Å²) in [5, 5.41) is 0. The van der Waals surface area contributed by atoms with Crippen LogP contribution in [-0.2, 0) is 0 Å². The third-order valence-corrected chi connectivity index (χ3v) is 0.977. The molecule has 0 aliphatic carbocycles. The normalized spacial score (nSPS) is 9.46. The molecule has 0 aliphatic heterocycles. The third-order valence-electron chi connectivity index (χ3n) is 0.977. The van der Waals surface area contributed by atoms with Gasteiger partial charge in [-0.1, -0.05) is 18.2 Å². The minimum atomic E-state index is -4.60. The predicted octanol–water partition coefficient (Wildman–Crippen LogP) is -0.588. The Balaban J connectivity index is 0. The topological polar surface area (TPSA) is 39.2 Å². The molecule has 68 valence electrons. The van der Waals surface area contributed by atoms with Gasteiger partial charge < -0.3 is 10.2 Å². The van der Waals surface area contributed by atoms with E-state index in [1.165, 1.54) is 24.3 Å². The van der Waals surface area contributed by atoms with Gasteiger partial charge in [0.25, 0.3) is 0 Å². The van der Waals surface area contributed by atoms with E-state index in [1.54, 1.807) is 6.07 Å². The van der Waals surface area contributed by atoms with Crippen molar-refractivity contribution in [3.05, 3.63) is 30.3 Å². The van der Waals surface area contributed by atoms with E-state index in [9.17, 15) is 13.2 Å². The van der Waals surface area contributed by atoms with Crippen molar-refractivity contribution in [2.45, 2.75) is 6.36 Å². The van der Waals surface area contributed by atoms with Gasteiger partial charge in [0.2, 0.25) is 0 Å². The first-order valence-corrected chi connectivity index (χ1v) is 2.89. The molecule has 13 heavy (non-hydrogen) atoms. The standard InChI is InChI=1S/C7H5F3O.Na.H2O/c8-7(9,10)11-6-4-2-1-3-5-6;;/h1-5H;;1H2/q;+1;/p-1. The average molecular weight is 202 g/mol. The summed E-state index contributed by atoms with van der Waals surface area (Å²) in [6.07, 6.45) is -4.60. The van der Waals surface area contributed by atoms with Gasteiger partial charge in [0.05, 0.1) is 0 Å². The molecule has 6 heteroatoms. The molecular formula is C7H6F3NaO2. The molecule has 0 bridgehead atoms. The molecule has 0 fully saturated rings. The molecule has 1 aromatic carbocycles. The molecule has 1 N–H and O–H groups in total. The van der Waals surface area contributed by atoms with Crippen LogP contribution in [0.2, 0.25) is 0 Å². The van der Waals surface area contributed by atoms with Gasteiger partial charge in [0, 0.05) is 0 Å². The second-order valence-electron chi connectivity index (χ2n) is 1.86. The first-order chi connectivity index (χ1) is 5.08. The van der Waals surface area contributed by atoms with Crippen molar-refractivity contribution in [3.8, 4) is 5.75 Å². The van der Waals surface area contributed by atoms with Crippen LogP contribution in [0, 0.1) is 0 Å². The Bertz CT molecular complexity index is 225. The quantitative estimate of drug-likeness (QED) is 0.571. The number of alkyl halides is 3. The molecule has 0 heterocycles. The Hall–Kier alpha value is -0.230. The monoisotopic (exact) mass is 202 g/mol. The van der Waals surface area contributed by atoms with Crippen LogP contribution in [0.15, 0.2) is 30.3 Å². The Labute approximate surface area is 95.3 Å². The molecule has 0 aliphatic rings. The van der Waals surface area contributed by atoms with E-state index < -0.39 is 6.36 Å². The number of benzene rings is 1. The molecule has 0 radical (unpaired) electrons. The van der Waals surface area contributed by atoms with Crippen LogP contribution in [0.4, 0.5) is 13.2 Å². The van der Waals surface area contributed by atoms with E-state index >= 15 is 0 Å². The Morgan fingerprint density at radius 3 is 1.85 bits per heavy atom. The summed E-state index contributed by atoms with van der Waals surface area (Å²) in [6.45, 7) is 0. The van der Waals surface area contributed by atoms with Crippen molar-refractivity contribution >= 4 is 0 Å². The molecule has 1 aromatic rings. The molecule has 0 aromatic heterocycles. The van der Waals surface area contributed by atoms with E-state index in [2.05, 4.69) is 4.74 Å². The molecule has 0 atom stereocenters. The molecule has 0 amide bonds. The summed E-state index contributed by atoms with van der Waals surface area (Å²) in [6, 6.07) is 7.05. The van der Waals surface area contributed by atoms with Crippen LogP contribution in [0.3, 0.4) is 0 Å². The molecule has 1 rings (SSSR count). The summed E-state index contributed by atoms with van der Waals surface area (Å²) >= 11 is 0. The maximum absolute atomic E-state index is 11.5. The first-order valence-electron chi connectivity index (χ1n) is 2.89. The van der Waals surface area contributed by atoms with Crippen LogP contribution < -0.4 is 34.3 Å². The average Bonchev–Trinajstić information content (AvgIpc) is 1.85. The molecule has 0 unspecified atom stereocenters. The van der Waals surface area contributed by atoms with Crippen molar-refractivity contribution in [1.82, 2.24) is 0 Å². The van der Waals surface area contributed by atoms with Gasteiger partial charge in [0.15, 0.2) is 0 Å². The van der Waals surface area contributed by atoms with Crippen LogP contribution in [0.1, 0.15) is 0 Å². The van der Waals surface area contributed by atoms with Gasteiger partial charge in [-0.05, 0) is 12.1 Å². The van der Waals surface area contributed by atoms with Crippen molar-refractivity contribution in [2.75, 3.05) is 0 Å². The number of hydrogen-bond donors (Lipinski definition) is 0. The smallest absolute Gasteiger partial charge is 0.870 e. The van der Waals surface area contributed by atoms with Gasteiger partial charge in [-0.15, -0.1) is 13.2 Å². The van der Waals surface area contributed by atoms with E-state index in [4.69, 9.17) is 0 Å². The molecular weight excluding hydrogens is 196 g/mol. The van der Waals surface area contributed by atoms with Crippen molar-refractivity contribution in [3.63, 3.8) is 0 Å². The van der Waals surface area contributed by atoms with Gasteiger partial charge in [-0.2, -0.15) is 0 Å². The SMILES string of the molecule is FC(F)(F)Oc1ccccc1.[Na+].[OH-]. The zero-order valence-corrected chi connectivity index (χ0v) is 8.88. The van der Waals surface area contributed by atoms with Crippen LogP contribution in [0.5, 0.6) is 5.75 Å². The van der Waals surface area contributed by atoms with Crippen molar-refractivity contribution < 1.29 is 52.9 Å². The number of ether oxygens (including phenoxy) is 1. The van der Waals surface area contributed by atoms with Gasteiger partial charge >= 0.3 is 35.9 Å². The number of hydrogen-bond acceptors (Lipinski definition) is 2. The maximum atomic E-state index is 11.5. The van der Waals surface area contributed by atoms with Crippen LogP contribution >= 0.6 is 0 Å². The summed E-state index contributed by atoms with van der Waals surface area (Å²) in [5.74, 6) is -0.194.